The molecule has 0 aliphatic carbocycles. The topological polar surface area (TPSA) is 80.0 Å². The zero-order valence-corrected chi connectivity index (χ0v) is 13.0. The number of nitrogens with zero attached hydrogens (tertiary/aromatic N) is 2. The Kier molecular flexibility index (Phi) is 5.03. The Morgan fingerprint density at radius 3 is 2.81 bits per heavy atom. The Hall–Kier alpha value is -1.79. The summed E-state index contributed by atoms with van der Waals surface area (Å²) in [5, 5.41) is 10.1. The van der Waals surface area contributed by atoms with Gasteiger partial charge in [-0.05, 0) is 31.5 Å². The van der Waals surface area contributed by atoms with Crippen molar-refractivity contribution in [3.8, 4) is 0 Å². The fourth-order valence-corrected chi connectivity index (χ4v) is 2.32. The van der Waals surface area contributed by atoms with Crippen LogP contribution in [0.25, 0.3) is 0 Å². The number of benzene rings is 1. The first-order valence-corrected chi connectivity index (χ1v) is 7.00. The number of carbonyl (C=O) groups is 1. The van der Waals surface area contributed by atoms with Gasteiger partial charge in [0.15, 0.2) is 5.82 Å². The van der Waals surface area contributed by atoms with E-state index in [4.69, 9.17) is 27.7 Å². The molecule has 2 N–H and O–H groups in total. The van der Waals surface area contributed by atoms with Crippen molar-refractivity contribution in [3.05, 3.63) is 45.5 Å². The zero-order chi connectivity index (χ0) is 15.4. The van der Waals surface area contributed by atoms with E-state index in [9.17, 15) is 4.79 Å². The molecule has 0 aliphatic rings. The van der Waals surface area contributed by atoms with Crippen LogP contribution < -0.4 is 10.6 Å². The second-order valence-corrected chi connectivity index (χ2v) is 5.29. The van der Waals surface area contributed by atoms with Gasteiger partial charge in [-0.25, -0.2) is 4.79 Å². The van der Waals surface area contributed by atoms with Gasteiger partial charge < -0.3 is 15.2 Å². The molecule has 1 aromatic heterocycles. The predicted molar refractivity (Wildman–Crippen MR) is 79.3 cm³/mol. The first-order valence-electron chi connectivity index (χ1n) is 6.24. The minimum Gasteiger partial charge on any atom is -0.337 e. The highest BCUT2D eigenvalue weighted by Gasteiger charge is 2.13. The van der Waals surface area contributed by atoms with Crippen LogP contribution in [0.5, 0.6) is 0 Å². The Morgan fingerprint density at radius 1 is 1.43 bits per heavy atom. The molecule has 1 unspecified atom stereocenters. The van der Waals surface area contributed by atoms with E-state index in [0.717, 1.165) is 5.56 Å². The maximum atomic E-state index is 11.8. The van der Waals surface area contributed by atoms with Gasteiger partial charge in [0.2, 0.25) is 5.89 Å². The van der Waals surface area contributed by atoms with Crippen LogP contribution in [0.15, 0.2) is 22.7 Å². The third-order valence-electron chi connectivity index (χ3n) is 2.75. The number of hydrogen-bond acceptors (Lipinski definition) is 4. The minimum absolute atomic E-state index is 0.160. The Morgan fingerprint density at radius 2 is 2.19 bits per heavy atom. The van der Waals surface area contributed by atoms with Gasteiger partial charge in [-0.15, -0.1) is 0 Å². The van der Waals surface area contributed by atoms with Crippen LogP contribution in [-0.2, 0) is 6.54 Å². The van der Waals surface area contributed by atoms with E-state index in [1.807, 2.05) is 6.92 Å². The van der Waals surface area contributed by atoms with Gasteiger partial charge in [0.05, 0.1) is 12.6 Å². The third kappa shape index (κ3) is 4.34. The molecule has 6 nitrogen and oxygen atoms in total. The summed E-state index contributed by atoms with van der Waals surface area (Å²) in [5.41, 5.74) is 0.782. The Labute approximate surface area is 131 Å². The van der Waals surface area contributed by atoms with E-state index in [2.05, 4.69) is 20.8 Å². The number of aromatic nitrogens is 2. The van der Waals surface area contributed by atoms with Crippen molar-refractivity contribution in [2.75, 3.05) is 0 Å². The van der Waals surface area contributed by atoms with Crippen LogP contribution in [0.3, 0.4) is 0 Å². The van der Waals surface area contributed by atoms with Crippen LogP contribution in [0, 0.1) is 6.92 Å². The van der Waals surface area contributed by atoms with Gasteiger partial charge in [-0.2, -0.15) is 4.98 Å². The monoisotopic (exact) mass is 328 g/mol. The standard InChI is InChI=1S/C13H14Cl2N4O2/c1-7(10-4-3-9(14)5-11(10)15)17-13(20)16-6-12-18-8(2)19-21-12/h3-5,7H,6H2,1-2H3,(H2,16,17,20). The van der Waals surface area contributed by atoms with E-state index in [-0.39, 0.29) is 18.6 Å². The third-order valence-corrected chi connectivity index (χ3v) is 3.31. The molecule has 0 saturated carbocycles. The number of halogens is 2. The van der Waals surface area contributed by atoms with Crippen LogP contribution in [-0.4, -0.2) is 16.2 Å². The van der Waals surface area contributed by atoms with Gasteiger partial charge in [-0.3, -0.25) is 0 Å². The SMILES string of the molecule is Cc1noc(CNC(=O)NC(C)c2ccc(Cl)cc2Cl)n1. The molecular weight excluding hydrogens is 315 g/mol. The average molecular weight is 329 g/mol. The maximum Gasteiger partial charge on any atom is 0.315 e. The number of carbonyl (C=O) groups excluding carboxylic acids is 1. The van der Waals surface area contributed by atoms with E-state index in [0.29, 0.717) is 21.8 Å². The number of amides is 2. The molecule has 1 aromatic carbocycles. The fraction of sp³-hybridized carbons (Fsp3) is 0.308. The molecule has 0 bridgehead atoms. The van der Waals surface area contributed by atoms with Gasteiger partial charge >= 0.3 is 6.03 Å². The minimum atomic E-state index is -0.357. The number of rotatable bonds is 4. The Balaban J connectivity index is 1.89. The largest absolute Gasteiger partial charge is 0.337 e. The van der Waals surface area contributed by atoms with E-state index >= 15 is 0 Å². The summed E-state index contributed by atoms with van der Waals surface area (Å²) in [6, 6.07) is 4.51. The molecule has 2 amide bonds. The molecule has 1 atom stereocenters. The molecule has 0 fully saturated rings. The summed E-state index contributed by atoms with van der Waals surface area (Å²) in [6.07, 6.45) is 0. The van der Waals surface area contributed by atoms with Crippen molar-refractivity contribution in [2.24, 2.45) is 0 Å². The number of urea groups is 1. The lowest BCUT2D eigenvalue weighted by atomic mass is 10.1. The lowest BCUT2D eigenvalue weighted by Gasteiger charge is -2.16. The molecule has 0 aliphatic heterocycles. The molecule has 8 heteroatoms. The van der Waals surface area contributed by atoms with Crippen molar-refractivity contribution in [2.45, 2.75) is 26.4 Å². The van der Waals surface area contributed by atoms with Gasteiger partial charge in [0, 0.05) is 10.0 Å². The summed E-state index contributed by atoms with van der Waals surface area (Å²) in [4.78, 5) is 15.8. The predicted octanol–water partition coefficient (Wildman–Crippen LogP) is 3.25. The first-order chi connectivity index (χ1) is 9.95. The summed E-state index contributed by atoms with van der Waals surface area (Å²) >= 11 is 11.9. The summed E-state index contributed by atoms with van der Waals surface area (Å²) in [6.45, 7) is 3.69. The highest BCUT2D eigenvalue weighted by atomic mass is 35.5. The Bertz CT molecular complexity index is 645. The van der Waals surface area contributed by atoms with Crippen LogP contribution >= 0.6 is 23.2 Å². The molecule has 0 radical (unpaired) electrons. The molecule has 21 heavy (non-hydrogen) atoms. The van der Waals surface area contributed by atoms with E-state index < -0.39 is 0 Å². The zero-order valence-electron chi connectivity index (χ0n) is 11.5. The molecule has 0 saturated heterocycles. The van der Waals surface area contributed by atoms with Crippen LogP contribution in [0.2, 0.25) is 10.0 Å². The normalized spacial score (nSPS) is 12.0. The van der Waals surface area contributed by atoms with Gasteiger partial charge in [0.25, 0.3) is 0 Å². The first kappa shape index (κ1) is 15.6. The van der Waals surface area contributed by atoms with Crippen molar-refractivity contribution in [1.29, 1.82) is 0 Å². The highest BCUT2D eigenvalue weighted by molar-refractivity contribution is 6.35. The quantitative estimate of drug-likeness (QED) is 0.902. The molecule has 2 rings (SSSR count). The van der Waals surface area contributed by atoms with E-state index in [1.165, 1.54) is 0 Å². The van der Waals surface area contributed by atoms with Crippen molar-refractivity contribution >= 4 is 29.2 Å². The molecule has 0 spiro atoms. The van der Waals surface area contributed by atoms with Crippen molar-refractivity contribution < 1.29 is 9.32 Å². The van der Waals surface area contributed by atoms with Gasteiger partial charge in [-0.1, -0.05) is 34.4 Å². The maximum absolute atomic E-state index is 11.8. The van der Waals surface area contributed by atoms with Gasteiger partial charge in [0.1, 0.15) is 0 Å². The molecule has 1 heterocycles. The number of nitrogens with one attached hydrogen (secondary N) is 2. The van der Waals surface area contributed by atoms with Crippen LogP contribution in [0.1, 0.15) is 30.2 Å². The smallest absolute Gasteiger partial charge is 0.315 e. The second kappa shape index (κ2) is 6.78. The summed E-state index contributed by atoms with van der Waals surface area (Å²) in [5.74, 6) is 0.869. The molecule has 112 valence electrons. The van der Waals surface area contributed by atoms with Crippen molar-refractivity contribution in [3.63, 3.8) is 0 Å². The lowest BCUT2D eigenvalue weighted by Crippen LogP contribution is -2.36. The van der Waals surface area contributed by atoms with E-state index in [1.54, 1.807) is 25.1 Å². The fourth-order valence-electron chi connectivity index (χ4n) is 1.75. The molecule has 2 aromatic rings. The summed E-state index contributed by atoms with van der Waals surface area (Å²) < 4.78 is 4.90. The second-order valence-electron chi connectivity index (χ2n) is 4.45. The summed E-state index contributed by atoms with van der Waals surface area (Å²) in [7, 11) is 0. The van der Waals surface area contributed by atoms with Crippen LogP contribution in [0.4, 0.5) is 4.79 Å². The van der Waals surface area contributed by atoms with Crippen molar-refractivity contribution in [1.82, 2.24) is 20.8 Å². The number of hydrogen-bond donors (Lipinski definition) is 2. The number of aryl methyl sites for hydroxylation is 1. The highest BCUT2D eigenvalue weighted by Crippen LogP contribution is 2.25. The molecular formula is C13H14Cl2N4O2. The lowest BCUT2D eigenvalue weighted by molar-refractivity contribution is 0.235. The average Bonchev–Trinajstić information content (AvgIpc) is 2.82.